The lowest BCUT2D eigenvalue weighted by Gasteiger charge is -2.15. The number of para-hydroxylation sites is 1. The number of carbonyl (C=O) groups is 1. The second-order valence-corrected chi connectivity index (χ2v) is 5.05. The third-order valence-electron chi connectivity index (χ3n) is 2.95. The Balaban J connectivity index is 2.02. The maximum Gasteiger partial charge on any atom is 0.265 e. The van der Waals surface area contributed by atoms with Crippen LogP contribution >= 0.6 is 11.6 Å². The Morgan fingerprint density at radius 2 is 2.00 bits per heavy atom. The van der Waals surface area contributed by atoms with Crippen molar-refractivity contribution < 1.29 is 13.9 Å². The second kappa shape index (κ2) is 6.59. The number of amides is 1. The number of halogens is 2. The Hall–Kier alpha value is -2.07. The van der Waals surface area contributed by atoms with Crippen LogP contribution in [-0.2, 0) is 4.79 Å². The summed E-state index contributed by atoms with van der Waals surface area (Å²) < 4.78 is 18.8. The van der Waals surface area contributed by atoms with Crippen molar-refractivity contribution in [1.82, 2.24) is 0 Å². The van der Waals surface area contributed by atoms with Crippen molar-refractivity contribution in [2.45, 2.75) is 20.0 Å². The van der Waals surface area contributed by atoms with Gasteiger partial charge in [0.2, 0.25) is 0 Å². The third-order valence-corrected chi connectivity index (χ3v) is 3.36. The molecule has 1 atom stereocenters. The number of ether oxygens (including phenoxy) is 1. The molecule has 2 aromatic rings. The standard InChI is InChI=1S/C16H15ClFNO2/c1-10-7-8-12(9-13(10)17)19-16(20)11(2)21-15-6-4-3-5-14(15)18/h3-9,11H,1-2H3,(H,19,20). The van der Waals surface area contributed by atoms with Crippen LogP contribution in [0.4, 0.5) is 10.1 Å². The summed E-state index contributed by atoms with van der Waals surface area (Å²) in [7, 11) is 0. The fourth-order valence-electron chi connectivity index (χ4n) is 1.70. The summed E-state index contributed by atoms with van der Waals surface area (Å²) in [4.78, 5) is 12.0. The lowest BCUT2D eigenvalue weighted by Crippen LogP contribution is -2.30. The lowest BCUT2D eigenvalue weighted by molar-refractivity contribution is -0.122. The van der Waals surface area contributed by atoms with Gasteiger partial charge < -0.3 is 10.1 Å². The van der Waals surface area contributed by atoms with Gasteiger partial charge in [-0.1, -0.05) is 29.8 Å². The van der Waals surface area contributed by atoms with Crippen LogP contribution in [0, 0.1) is 12.7 Å². The molecule has 21 heavy (non-hydrogen) atoms. The summed E-state index contributed by atoms with van der Waals surface area (Å²) in [6.45, 7) is 3.43. The van der Waals surface area contributed by atoms with Crippen molar-refractivity contribution in [1.29, 1.82) is 0 Å². The number of carbonyl (C=O) groups excluding carboxylic acids is 1. The fraction of sp³-hybridized carbons (Fsp3) is 0.188. The van der Waals surface area contributed by atoms with E-state index in [1.165, 1.54) is 12.1 Å². The molecule has 0 aliphatic carbocycles. The van der Waals surface area contributed by atoms with E-state index in [0.29, 0.717) is 10.7 Å². The van der Waals surface area contributed by atoms with E-state index in [1.807, 2.05) is 6.92 Å². The van der Waals surface area contributed by atoms with E-state index < -0.39 is 11.9 Å². The maximum absolute atomic E-state index is 13.5. The average Bonchev–Trinajstić information content (AvgIpc) is 2.45. The Morgan fingerprint density at radius 1 is 1.29 bits per heavy atom. The van der Waals surface area contributed by atoms with Crippen molar-refractivity contribution >= 4 is 23.2 Å². The zero-order chi connectivity index (χ0) is 15.4. The first-order valence-corrected chi connectivity index (χ1v) is 6.83. The van der Waals surface area contributed by atoms with Gasteiger partial charge >= 0.3 is 0 Å². The molecule has 5 heteroatoms. The van der Waals surface area contributed by atoms with Gasteiger partial charge in [-0.25, -0.2) is 4.39 Å². The van der Waals surface area contributed by atoms with Crippen LogP contribution < -0.4 is 10.1 Å². The minimum Gasteiger partial charge on any atom is -0.478 e. The fourth-order valence-corrected chi connectivity index (χ4v) is 1.88. The van der Waals surface area contributed by atoms with E-state index in [-0.39, 0.29) is 11.7 Å². The average molecular weight is 308 g/mol. The predicted molar refractivity (Wildman–Crippen MR) is 81.3 cm³/mol. The van der Waals surface area contributed by atoms with Gasteiger partial charge in [0.1, 0.15) is 0 Å². The maximum atomic E-state index is 13.5. The van der Waals surface area contributed by atoms with Crippen molar-refractivity contribution in [3.05, 3.63) is 58.9 Å². The number of rotatable bonds is 4. The molecule has 110 valence electrons. The summed E-state index contributed by atoms with van der Waals surface area (Å²) in [6.07, 6.45) is -0.832. The number of aryl methyl sites for hydroxylation is 1. The zero-order valence-electron chi connectivity index (χ0n) is 11.7. The summed E-state index contributed by atoms with van der Waals surface area (Å²) in [6, 6.07) is 11.2. The first kappa shape index (κ1) is 15.3. The molecule has 0 radical (unpaired) electrons. The predicted octanol–water partition coefficient (Wildman–Crippen LogP) is 4.19. The van der Waals surface area contributed by atoms with Crippen LogP contribution in [0.5, 0.6) is 5.75 Å². The van der Waals surface area contributed by atoms with Crippen molar-refractivity contribution in [2.24, 2.45) is 0 Å². The van der Waals surface area contributed by atoms with Gasteiger partial charge in [0, 0.05) is 10.7 Å². The summed E-state index contributed by atoms with van der Waals surface area (Å²) >= 11 is 6.00. The highest BCUT2D eigenvalue weighted by atomic mass is 35.5. The molecule has 0 aromatic heterocycles. The molecule has 0 heterocycles. The number of hydrogen-bond acceptors (Lipinski definition) is 2. The Bertz CT molecular complexity index is 660. The molecule has 0 fully saturated rings. The van der Waals surface area contributed by atoms with E-state index in [2.05, 4.69) is 5.32 Å². The van der Waals surface area contributed by atoms with E-state index in [9.17, 15) is 9.18 Å². The van der Waals surface area contributed by atoms with Crippen molar-refractivity contribution in [2.75, 3.05) is 5.32 Å². The van der Waals surface area contributed by atoms with Gasteiger partial charge in [-0.15, -0.1) is 0 Å². The number of anilines is 1. The smallest absolute Gasteiger partial charge is 0.265 e. The molecule has 0 spiro atoms. The van der Waals surface area contributed by atoms with Crippen LogP contribution in [-0.4, -0.2) is 12.0 Å². The van der Waals surface area contributed by atoms with Crippen LogP contribution in [0.2, 0.25) is 5.02 Å². The molecule has 0 saturated heterocycles. The van der Waals surface area contributed by atoms with Crippen LogP contribution in [0.1, 0.15) is 12.5 Å². The molecule has 1 N–H and O–H groups in total. The molecule has 1 unspecified atom stereocenters. The SMILES string of the molecule is Cc1ccc(NC(=O)C(C)Oc2ccccc2F)cc1Cl. The van der Waals surface area contributed by atoms with Crippen LogP contribution in [0.15, 0.2) is 42.5 Å². The highest BCUT2D eigenvalue weighted by Gasteiger charge is 2.16. The van der Waals surface area contributed by atoms with E-state index in [1.54, 1.807) is 37.3 Å². The Kier molecular flexibility index (Phi) is 4.81. The molecule has 3 nitrogen and oxygen atoms in total. The van der Waals surface area contributed by atoms with Crippen LogP contribution in [0.25, 0.3) is 0 Å². The van der Waals surface area contributed by atoms with Crippen molar-refractivity contribution in [3.8, 4) is 5.75 Å². The molecule has 2 aromatic carbocycles. The van der Waals surface area contributed by atoms with Gasteiger partial charge in [-0.3, -0.25) is 4.79 Å². The van der Waals surface area contributed by atoms with Crippen LogP contribution in [0.3, 0.4) is 0 Å². The minimum absolute atomic E-state index is 0.0436. The summed E-state index contributed by atoms with van der Waals surface area (Å²) in [5, 5.41) is 3.24. The quantitative estimate of drug-likeness (QED) is 0.919. The normalized spacial score (nSPS) is 11.8. The van der Waals surface area contributed by atoms with E-state index >= 15 is 0 Å². The third kappa shape index (κ3) is 3.95. The van der Waals surface area contributed by atoms with E-state index in [4.69, 9.17) is 16.3 Å². The first-order chi connectivity index (χ1) is 9.97. The molecular formula is C16H15ClFNO2. The topological polar surface area (TPSA) is 38.3 Å². The van der Waals surface area contributed by atoms with Crippen molar-refractivity contribution in [3.63, 3.8) is 0 Å². The molecule has 1 amide bonds. The van der Waals surface area contributed by atoms with E-state index in [0.717, 1.165) is 5.56 Å². The number of hydrogen-bond donors (Lipinski definition) is 1. The molecule has 0 aliphatic rings. The summed E-state index contributed by atoms with van der Waals surface area (Å²) in [5.74, 6) is -0.837. The van der Waals surface area contributed by atoms with Gasteiger partial charge in [0.25, 0.3) is 5.91 Å². The second-order valence-electron chi connectivity index (χ2n) is 4.64. The monoisotopic (exact) mass is 307 g/mol. The van der Waals surface area contributed by atoms with Gasteiger partial charge in [-0.05, 0) is 43.7 Å². The molecule has 0 aliphatic heterocycles. The molecule has 0 saturated carbocycles. The first-order valence-electron chi connectivity index (χ1n) is 6.45. The summed E-state index contributed by atoms with van der Waals surface area (Å²) in [5.41, 5.74) is 1.49. The largest absolute Gasteiger partial charge is 0.478 e. The number of nitrogens with one attached hydrogen (secondary N) is 1. The van der Waals surface area contributed by atoms with Gasteiger partial charge in [0.05, 0.1) is 0 Å². The lowest BCUT2D eigenvalue weighted by atomic mass is 10.2. The molecule has 0 bridgehead atoms. The Labute approximate surface area is 127 Å². The Morgan fingerprint density at radius 3 is 2.67 bits per heavy atom. The minimum atomic E-state index is -0.832. The molecule has 2 rings (SSSR count). The highest BCUT2D eigenvalue weighted by Crippen LogP contribution is 2.21. The van der Waals surface area contributed by atoms with Gasteiger partial charge in [0.15, 0.2) is 17.7 Å². The number of benzene rings is 2. The highest BCUT2D eigenvalue weighted by molar-refractivity contribution is 6.31. The zero-order valence-corrected chi connectivity index (χ0v) is 12.4. The van der Waals surface area contributed by atoms with Gasteiger partial charge in [-0.2, -0.15) is 0 Å². The molecular weight excluding hydrogens is 293 g/mol.